The van der Waals surface area contributed by atoms with Crippen molar-refractivity contribution in [1.82, 2.24) is 24.2 Å². The first-order chi connectivity index (χ1) is 12.2. The molecule has 0 aliphatic carbocycles. The average molecular weight is 343 g/mol. The number of ether oxygens (including phenoxy) is 1. The van der Waals surface area contributed by atoms with E-state index in [-0.39, 0.29) is 23.5 Å². The molecule has 2 aromatic heterocycles. The Labute approximate surface area is 145 Å². The van der Waals surface area contributed by atoms with Crippen molar-refractivity contribution in [1.29, 1.82) is 0 Å². The van der Waals surface area contributed by atoms with E-state index >= 15 is 0 Å². The summed E-state index contributed by atoms with van der Waals surface area (Å²) in [5.41, 5.74) is -0.130. The molecule has 4 rings (SSSR count). The summed E-state index contributed by atoms with van der Waals surface area (Å²) in [6, 6.07) is 3.13. The Morgan fingerprint density at radius 1 is 1.32 bits per heavy atom. The standard InChI is InChI=1S/C17H21N5O3/c23-16-4-1-5-19-22(16)11-13-9-20-7-6-18-15(20)12-21(10-13)17(24)14-3-2-8-25-14/h1,4-7,13-14H,2-3,8-12H2/t13?,14-/m0/s1. The molecule has 8 nitrogen and oxygen atoms in total. The molecule has 0 N–H and O–H groups in total. The highest BCUT2D eigenvalue weighted by atomic mass is 16.5. The largest absolute Gasteiger partial charge is 0.368 e. The van der Waals surface area contributed by atoms with Crippen LogP contribution in [-0.2, 0) is 29.2 Å². The Hall–Kier alpha value is -2.48. The van der Waals surface area contributed by atoms with Crippen molar-refractivity contribution >= 4 is 5.91 Å². The lowest BCUT2D eigenvalue weighted by Crippen LogP contribution is -2.42. The number of carbonyl (C=O) groups excluding carboxylic acids is 1. The minimum Gasteiger partial charge on any atom is -0.368 e. The molecule has 2 atom stereocenters. The van der Waals surface area contributed by atoms with Crippen LogP contribution in [0.4, 0.5) is 0 Å². The monoisotopic (exact) mass is 343 g/mol. The van der Waals surface area contributed by atoms with E-state index < -0.39 is 0 Å². The molecular weight excluding hydrogens is 322 g/mol. The van der Waals surface area contributed by atoms with Gasteiger partial charge >= 0.3 is 0 Å². The topological polar surface area (TPSA) is 82.2 Å². The maximum absolute atomic E-state index is 12.8. The number of hydrogen-bond acceptors (Lipinski definition) is 5. The predicted octanol–water partition coefficient (Wildman–Crippen LogP) is 0.277. The number of imidazole rings is 1. The molecule has 2 aliphatic rings. The van der Waals surface area contributed by atoms with Gasteiger partial charge < -0.3 is 14.2 Å². The summed E-state index contributed by atoms with van der Waals surface area (Å²) in [6.07, 6.45) is 6.62. The van der Waals surface area contributed by atoms with Gasteiger partial charge in [0.1, 0.15) is 11.9 Å². The van der Waals surface area contributed by atoms with Gasteiger partial charge in [0.25, 0.3) is 11.5 Å². The van der Waals surface area contributed by atoms with Gasteiger partial charge in [-0.05, 0) is 18.9 Å². The quantitative estimate of drug-likeness (QED) is 0.799. The number of amides is 1. The van der Waals surface area contributed by atoms with E-state index in [1.807, 2.05) is 11.1 Å². The van der Waals surface area contributed by atoms with Gasteiger partial charge in [-0.2, -0.15) is 5.10 Å². The first-order valence-corrected chi connectivity index (χ1v) is 8.63. The Morgan fingerprint density at radius 2 is 2.24 bits per heavy atom. The first kappa shape index (κ1) is 16.0. The molecule has 132 valence electrons. The molecule has 0 spiro atoms. The first-order valence-electron chi connectivity index (χ1n) is 8.63. The fourth-order valence-corrected chi connectivity index (χ4v) is 3.57. The summed E-state index contributed by atoms with van der Waals surface area (Å²) in [4.78, 5) is 31.0. The summed E-state index contributed by atoms with van der Waals surface area (Å²) in [5.74, 6) is 0.961. The van der Waals surface area contributed by atoms with Crippen LogP contribution in [0.2, 0.25) is 0 Å². The van der Waals surface area contributed by atoms with Crippen LogP contribution in [0.3, 0.4) is 0 Å². The van der Waals surface area contributed by atoms with E-state index in [9.17, 15) is 9.59 Å². The van der Waals surface area contributed by atoms with Crippen molar-refractivity contribution in [3.8, 4) is 0 Å². The Morgan fingerprint density at radius 3 is 3.04 bits per heavy atom. The molecule has 25 heavy (non-hydrogen) atoms. The molecule has 1 amide bonds. The minimum absolute atomic E-state index is 0.0207. The van der Waals surface area contributed by atoms with Crippen LogP contribution in [0.5, 0.6) is 0 Å². The van der Waals surface area contributed by atoms with E-state index in [2.05, 4.69) is 14.6 Å². The van der Waals surface area contributed by atoms with E-state index in [0.29, 0.717) is 32.8 Å². The van der Waals surface area contributed by atoms with Gasteiger partial charge in [0.2, 0.25) is 0 Å². The molecule has 2 aromatic rings. The molecule has 1 fully saturated rings. The number of aromatic nitrogens is 4. The predicted molar refractivity (Wildman–Crippen MR) is 88.6 cm³/mol. The van der Waals surface area contributed by atoms with E-state index in [1.54, 1.807) is 18.5 Å². The van der Waals surface area contributed by atoms with Crippen LogP contribution in [0.15, 0.2) is 35.5 Å². The van der Waals surface area contributed by atoms with Crippen LogP contribution in [0, 0.1) is 5.92 Å². The van der Waals surface area contributed by atoms with Gasteiger partial charge in [-0.3, -0.25) is 9.59 Å². The van der Waals surface area contributed by atoms with Crippen molar-refractivity contribution in [3.05, 3.63) is 46.9 Å². The summed E-state index contributed by atoms with van der Waals surface area (Å²) in [5, 5.41) is 4.15. The molecule has 0 aromatic carbocycles. The third-order valence-corrected chi connectivity index (χ3v) is 4.80. The van der Waals surface area contributed by atoms with Crippen LogP contribution in [0.1, 0.15) is 18.7 Å². The molecule has 0 saturated carbocycles. The zero-order valence-corrected chi connectivity index (χ0v) is 14.0. The van der Waals surface area contributed by atoms with Gasteiger partial charge in [-0.15, -0.1) is 0 Å². The Balaban J connectivity index is 1.58. The lowest BCUT2D eigenvalue weighted by Gasteiger charge is -2.26. The zero-order chi connectivity index (χ0) is 17.2. The van der Waals surface area contributed by atoms with E-state index in [0.717, 1.165) is 18.7 Å². The Kier molecular flexibility index (Phi) is 4.35. The highest BCUT2D eigenvalue weighted by molar-refractivity contribution is 5.81. The second kappa shape index (κ2) is 6.79. The van der Waals surface area contributed by atoms with Gasteiger partial charge in [-0.1, -0.05) is 0 Å². The number of fused-ring (bicyclic) bond motifs is 1. The van der Waals surface area contributed by atoms with Crippen molar-refractivity contribution in [2.24, 2.45) is 5.92 Å². The van der Waals surface area contributed by atoms with Gasteiger partial charge in [0.05, 0.1) is 13.1 Å². The summed E-state index contributed by atoms with van der Waals surface area (Å²) in [7, 11) is 0. The smallest absolute Gasteiger partial charge is 0.266 e. The summed E-state index contributed by atoms with van der Waals surface area (Å²) in [6.45, 7) is 2.84. The molecule has 0 bridgehead atoms. The number of nitrogens with zero attached hydrogens (tertiary/aromatic N) is 5. The van der Waals surface area contributed by atoms with Crippen LogP contribution < -0.4 is 5.56 Å². The molecule has 0 radical (unpaired) electrons. The van der Waals surface area contributed by atoms with Gasteiger partial charge in [-0.25, -0.2) is 9.67 Å². The zero-order valence-electron chi connectivity index (χ0n) is 14.0. The van der Waals surface area contributed by atoms with Crippen LogP contribution in [0.25, 0.3) is 0 Å². The Bertz CT molecular complexity index is 808. The molecule has 4 heterocycles. The lowest BCUT2D eigenvalue weighted by molar-refractivity contribution is -0.142. The number of rotatable bonds is 3. The SMILES string of the molecule is O=C([C@@H]1CCCO1)N1Cc2nccn2CC(Cn2ncccc2=O)C1. The second-order valence-electron chi connectivity index (χ2n) is 6.63. The second-order valence-corrected chi connectivity index (χ2v) is 6.63. The minimum atomic E-state index is -0.347. The maximum Gasteiger partial charge on any atom is 0.266 e. The van der Waals surface area contributed by atoms with Crippen molar-refractivity contribution < 1.29 is 9.53 Å². The molecular formula is C17H21N5O3. The number of carbonyl (C=O) groups is 1. The molecule has 1 unspecified atom stereocenters. The average Bonchev–Trinajstić information content (AvgIpc) is 3.25. The van der Waals surface area contributed by atoms with Crippen LogP contribution >= 0.6 is 0 Å². The normalized spacial score (nSPS) is 23.3. The maximum atomic E-state index is 12.8. The third-order valence-electron chi connectivity index (χ3n) is 4.80. The summed E-state index contributed by atoms with van der Waals surface area (Å²) >= 11 is 0. The molecule has 2 aliphatic heterocycles. The van der Waals surface area contributed by atoms with Crippen LogP contribution in [-0.4, -0.2) is 49.4 Å². The van der Waals surface area contributed by atoms with Crippen molar-refractivity contribution in [3.63, 3.8) is 0 Å². The van der Waals surface area contributed by atoms with Gasteiger partial charge in [0, 0.05) is 50.3 Å². The third kappa shape index (κ3) is 3.34. The highest BCUT2D eigenvalue weighted by Crippen LogP contribution is 2.21. The fraction of sp³-hybridized carbons (Fsp3) is 0.529. The van der Waals surface area contributed by atoms with Crippen molar-refractivity contribution in [2.45, 2.75) is 38.6 Å². The van der Waals surface area contributed by atoms with E-state index in [1.165, 1.54) is 10.7 Å². The lowest BCUT2D eigenvalue weighted by atomic mass is 10.1. The number of hydrogen-bond donors (Lipinski definition) is 0. The van der Waals surface area contributed by atoms with Crippen molar-refractivity contribution in [2.75, 3.05) is 13.2 Å². The molecule has 1 saturated heterocycles. The van der Waals surface area contributed by atoms with Gasteiger partial charge in [0.15, 0.2) is 0 Å². The summed E-state index contributed by atoms with van der Waals surface area (Å²) < 4.78 is 9.08. The van der Waals surface area contributed by atoms with E-state index in [4.69, 9.17) is 4.74 Å². The fourth-order valence-electron chi connectivity index (χ4n) is 3.57. The molecule has 8 heteroatoms. The highest BCUT2D eigenvalue weighted by Gasteiger charge is 2.32.